The topological polar surface area (TPSA) is 93.8 Å². The van der Waals surface area contributed by atoms with E-state index in [-0.39, 0.29) is 22.9 Å². The van der Waals surface area contributed by atoms with Gasteiger partial charge in [-0.25, -0.2) is 14.8 Å². The molecule has 2 atom stereocenters. The first-order valence-electron chi connectivity index (χ1n) is 12.1. The van der Waals surface area contributed by atoms with Gasteiger partial charge in [-0.2, -0.15) is 0 Å². The van der Waals surface area contributed by atoms with Crippen LogP contribution in [0.3, 0.4) is 0 Å². The molecular formula is C27H21N5O3. The molecule has 2 aliphatic rings. The van der Waals surface area contributed by atoms with Gasteiger partial charge in [-0.15, -0.1) is 0 Å². The molecule has 8 heteroatoms. The number of nitrogens with one attached hydrogen (secondary N) is 1. The molecule has 1 aromatic carbocycles. The van der Waals surface area contributed by atoms with Crippen molar-refractivity contribution in [2.45, 2.75) is 39.3 Å². The summed E-state index contributed by atoms with van der Waals surface area (Å²) in [5.41, 5.74) is 4.10. The summed E-state index contributed by atoms with van der Waals surface area (Å²) in [6.07, 6.45) is 0.546. The number of rotatable bonds is 3. The van der Waals surface area contributed by atoms with Crippen LogP contribution in [0.25, 0.3) is 15.7 Å². The van der Waals surface area contributed by atoms with E-state index in [2.05, 4.69) is 19.8 Å². The van der Waals surface area contributed by atoms with E-state index < -0.39 is 18.5 Å². The highest BCUT2D eigenvalue weighted by molar-refractivity contribution is 5.99. The Balaban J connectivity index is 1.43. The Morgan fingerprint density at radius 2 is 2.09 bits per heavy atom. The lowest BCUT2D eigenvalue weighted by atomic mass is 10.0. The third-order valence-electron chi connectivity index (χ3n) is 6.37. The van der Waals surface area contributed by atoms with Gasteiger partial charge in [0, 0.05) is 44.2 Å². The quantitative estimate of drug-likeness (QED) is 0.429. The van der Waals surface area contributed by atoms with Gasteiger partial charge in [0.15, 0.2) is 5.69 Å². The summed E-state index contributed by atoms with van der Waals surface area (Å²) < 4.78 is 29.4. The van der Waals surface area contributed by atoms with Gasteiger partial charge in [-0.05, 0) is 67.3 Å². The third-order valence-corrected chi connectivity index (χ3v) is 6.37. The van der Waals surface area contributed by atoms with Crippen LogP contribution >= 0.6 is 0 Å². The fraction of sp³-hybridized carbons (Fsp3) is 0.222. The predicted molar refractivity (Wildman–Crippen MR) is 131 cm³/mol. The number of benzene rings is 1. The van der Waals surface area contributed by atoms with Gasteiger partial charge < -0.3 is 14.5 Å². The molecule has 3 aromatic heterocycles. The molecule has 0 spiro atoms. The Kier molecular flexibility index (Phi) is 4.19. The highest BCUT2D eigenvalue weighted by atomic mass is 16.5. The minimum absolute atomic E-state index is 0.208. The Morgan fingerprint density at radius 1 is 1.23 bits per heavy atom. The summed E-state index contributed by atoms with van der Waals surface area (Å²) in [5.74, 6) is 0.838. The van der Waals surface area contributed by atoms with Crippen molar-refractivity contribution in [2.75, 3.05) is 0 Å². The van der Waals surface area contributed by atoms with Crippen LogP contribution in [-0.4, -0.2) is 27.0 Å². The molecule has 4 heterocycles. The predicted octanol–water partition coefficient (Wildman–Crippen LogP) is 5.03. The number of ether oxygens (including phenoxy) is 2. The van der Waals surface area contributed by atoms with E-state index in [1.54, 1.807) is 44.3 Å². The number of H-pyrrole nitrogens is 1. The molecule has 6 rings (SSSR count). The summed E-state index contributed by atoms with van der Waals surface area (Å²) in [4.78, 5) is 32.0. The van der Waals surface area contributed by atoms with Gasteiger partial charge in [0.05, 0.1) is 6.57 Å². The molecule has 0 bridgehead atoms. The van der Waals surface area contributed by atoms with Crippen LogP contribution in [0, 0.1) is 27.3 Å². The highest BCUT2D eigenvalue weighted by Crippen LogP contribution is 2.43. The summed E-state index contributed by atoms with van der Waals surface area (Å²) in [6.45, 7) is 13.2. The van der Waals surface area contributed by atoms with Crippen molar-refractivity contribution in [3.05, 3.63) is 98.0 Å². The fourth-order valence-corrected chi connectivity index (χ4v) is 4.62. The number of aromatic nitrogens is 3. The van der Waals surface area contributed by atoms with Crippen molar-refractivity contribution in [1.29, 1.82) is 0 Å². The molecule has 35 heavy (non-hydrogen) atoms. The number of fused-ring (bicyclic) bond motifs is 4. The molecule has 1 aliphatic carbocycles. The first-order valence-corrected chi connectivity index (χ1v) is 11.1. The molecule has 1 N–H and O–H groups in total. The van der Waals surface area contributed by atoms with Gasteiger partial charge in [0.1, 0.15) is 23.4 Å². The maximum absolute atomic E-state index is 12.4. The molecule has 4 aromatic rings. The second-order valence-electron chi connectivity index (χ2n) is 8.63. The maximum atomic E-state index is 12.4. The lowest BCUT2D eigenvalue weighted by molar-refractivity contribution is 0.206. The van der Waals surface area contributed by atoms with Gasteiger partial charge in [0.25, 0.3) is 5.56 Å². The summed E-state index contributed by atoms with van der Waals surface area (Å²) in [5, 5.41) is 0.696. The Hall–Kier alpha value is -4.51. The molecule has 1 aliphatic heterocycles. The highest BCUT2D eigenvalue weighted by Gasteiger charge is 2.40. The standard InChI is InChI=1S/C27H21N5O3/c1-13-9-16-5-6-22(31-24(16)26(33)30-13)34-20-11-19(14(2)23(28-4)15(20)3)27-32-25-18-7-8-29-12-17(18)10-21(25)35-27/h5-9,11-12,21,25H,10H2,1-3H3,(H,30,33)/t21-,25+/m1/s1/i10D2. The van der Waals surface area contributed by atoms with Crippen LogP contribution in [0.1, 0.15) is 42.3 Å². The summed E-state index contributed by atoms with van der Waals surface area (Å²) >= 11 is 0. The second-order valence-corrected chi connectivity index (χ2v) is 8.63. The molecule has 0 amide bonds. The lowest BCUT2D eigenvalue weighted by Crippen LogP contribution is -2.14. The summed E-state index contributed by atoms with van der Waals surface area (Å²) in [7, 11) is 0. The minimum atomic E-state index is -1.76. The first-order chi connectivity index (χ1) is 17.7. The molecule has 172 valence electrons. The second kappa shape index (κ2) is 7.77. The number of aliphatic imine (C=N–C) groups is 1. The van der Waals surface area contributed by atoms with E-state index in [1.165, 1.54) is 6.20 Å². The zero-order valence-electron chi connectivity index (χ0n) is 21.2. The number of aromatic amines is 1. The number of pyridine rings is 3. The smallest absolute Gasteiger partial charge is 0.274 e. The number of hydrogen-bond donors (Lipinski definition) is 1. The number of hydrogen-bond acceptors (Lipinski definition) is 6. The SMILES string of the molecule is [2H]C1([2H])c2cnccc2[C@@H]2N=C(c3cc(Oc4ccc5cc(C)[nH]c(=O)c5n4)c(C)c([N+]#[C-])c3C)O[C@@H]21. The van der Waals surface area contributed by atoms with Crippen LogP contribution < -0.4 is 10.3 Å². The van der Waals surface area contributed by atoms with Crippen molar-refractivity contribution in [3.63, 3.8) is 0 Å². The van der Waals surface area contributed by atoms with Crippen LogP contribution in [0.15, 0.2) is 52.5 Å². The van der Waals surface area contributed by atoms with Crippen molar-refractivity contribution in [2.24, 2.45) is 4.99 Å². The molecule has 0 saturated heterocycles. The number of nitrogens with zero attached hydrogens (tertiary/aromatic N) is 4. The normalized spacial score (nSPS) is 20.2. The number of aryl methyl sites for hydroxylation is 1. The van der Waals surface area contributed by atoms with Crippen molar-refractivity contribution >= 4 is 22.5 Å². The Labute approximate surface area is 203 Å². The van der Waals surface area contributed by atoms with E-state index >= 15 is 0 Å². The van der Waals surface area contributed by atoms with E-state index in [4.69, 9.17) is 23.8 Å². The van der Waals surface area contributed by atoms with Crippen molar-refractivity contribution in [3.8, 4) is 11.6 Å². The Morgan fingerprint density at radius 3 is 2.91 bits per heavy atom. The molecule has 8 nitrogen and oxygen atoms in total. The summed E-state index contributed by atoms with van der Waals surface area (Å²) in [6, 6.07) is 8.25. The molecular weight excluding hydrogens is 442 g/mol. The van der Waals surface area contributed by atoms with Crippen molar-refractivity contribution < 1.29 is 12.2 Å². The van der Waals surface area contributed by atoms with E-state index in [1.807, 2.05) is 13.0 Å². The monoisotopic (exact) mass is 465 g/mol. The van der Waals surface area contributed by atoms with Gasteiger partial charge >= 0.3 is 0 Å². The van der Waals surface area contributed by atoms with Crippen molar-refractivity contribution in [1.82, 2.24) is 15.0 Å². The van der Waals surface area contributed by atoms with E-state index in [9.17, 15) is 4.79 Å². The lowest BCUT2D eigenvalue weighted by Gasteiger charge is -2.16. The van der Waals surface area contributed by atoms with E-state index in [0.29, 0.717) is 39.1 Å². The molecule has 0 saturated carbocycles. The van der Waals surface area contributed by atoms with Gasteiger partial charge in [0.2, 0.25) is 11.8 Å². The van der Waals surface area contributed by atoms with Crippen LogP contribution in [0.2, 0.25) is 0 Å². The molecule has 0 unspecified atom stereocenters. The Bertz CT molecular complexity index is 1760. The average Bonchev–Trinajstić information content (AvgIpc) is 3.40. The van der Waals surface area contributed by atoms with Gasteiger partial charge in [-0.1, -0.05) is 0 Å². The maximum Gasteiger partial charge on any atom is 0.274 e. The first kappa shape index (κ1) is 18.9. The minimum Gasteiger partial charge on any atom is -0.471 e. The molecule has 0 fully saturated rings. The average molecular weight is 466 g/mol. The molecule has 0 radical (unpaired) electrons. The zero-order valence-corrected chi connectivity index (χ0v) is 19.2. The van der Waals surface area contributed by atoms with E-state index in [0.717, 1.165) is 11.3 Å². The zero-order chi connectivity index (χ0) is 26.1. The van der Waals surface area contributed by atoms with Crippen LogP contribution in [0.4, 0.5) is 5.69 Å². The van der Waals surface area contributed by atoms with Gasteiger partial charge in [-0.3, -0.25) is 9.78 Å². The fourth-order valence-electron chi connectivity index (χ4n) is 4.62. The third kappa shape index (κ3) is 3.36. The van der Waals surface area contributed by atoms with Crippen LogP contribution in [-0.2, 0) is 11.1 Å². The van der Waals surface area contributed by atoms with Crippen LogP contribution in [0.5, 0.6) is 11.6 Å². The largest absolute Gasteiger partial charge is 0.471 e.